The third kappa shape index (κ3) is 4.30. The second kappa shape index (κ2) is 7.23. The van der Waals surface area contributed by atoms with Crippen LogP contribution in [0, 0.1) is 19.8 Å². The lowest BCUT2D eigenvalue weighted by atomic mass is 10.1. The van der Waals surface area contributed by atoms with Crippen molar-refractivity contribution < 1.29 is 9.21 Å². The van der Waals surface area contributed by atoms with Crippen LogP contribution < -0.4 is 5.32 Å². The van der Waals surface area contributed by atoms with Crippen LogP contribution in [-0.2, 0) is 4.79 Å². The monoisotopic (exact) mass is 340 g/mol. The summed E-state index contributed by atoms with van der Waals surface area (Å²) in [4.78, 5) is 17.1. The Morgan fingerprint density at radius 2 is 2.05 bits per heavy atom. The van der Waals surface area contributed by atoms with Crippen LogP contribution in [0.1, 0.15) is 31.5 Å². The maximum atomic E-state index is 11.8. The number of carbonyl (C=O) groups is 1. The second-order valence-electron chi connectivity index (χ2n) is 5.41. The number of nitrogens with one attached hydrogen (secondary N) is 1. The molecule has 2 rings (SSSR count). The predicted molar refractivity (Wildman–Crippen MR) is 88.0 cm³/mol. The van der Waals surface area contributed by atoms with Gasteiger partial charge in [-0.25, -0.2) is 4.98 Å². The Morgan fingerprint density at radius 1 is 1.32 bits per heavy atom. The van der Waals surface area contributed by atoms with Crippen LogP contribution >= 0.6 is 23.1 Å². The lowest BCUT2D eigenvalue weighted by Gasteiger charge is -2.16. The van der Waals surface area contributed by atoms with Crippen molar-refractivity contribution in [2.75, 3.05) is 5.75 Å². The highest BCUT2D eigenvalue weighted by Crippen LogP contribution is 2.30. The summed E-state index contributed by atoms with van der Waals surface area (Å²) in [6, 6.07) is 0.147. The van der Waals surface area contributed by atoms with Crippen molar-refractivity contribution in [3.63, 3.8) is 0 Å². The third-order valence-electron chi connectivity index (χ3n) is 3.22. The molecule has 2 heterocycles. The fraction of sp³-hybridized carbons (Fsp3) is 0.571. The van der Waals surface area contributed by atoms with E-state index in [0.29, 0.717) is 17.0 Å². The van der Waals surface area contributed by atoms with Gasteiger partial charge >= 0.3 is 0 Å². The topological polar surface area (TPSA) is 80.9 Å². The van der Waals surface area contributed by atoms with Crippen LogP contribution in [-0.4, -0.2) is 32.9 Å². The van der Waals surface area contributed by atoms with E-state index < -0.39 is 0 Å². The van der Waals surface area contributed by atoms with Gasteiger partial charge in [0.25, 0.3) is 11.1 Å². The Kier molecular flexibility index (Phi) is 5.57. The Morgan fingerprint density at radius 3 is 2.64 bits per heavy atom. The van der Waals surface area contributed by atoms with E-state index in [1.807, 2.05) is 20.8 Å². The zero-order valence-electron chi connectivity index (χ0n) is 13.3. The lowest BCUT2D eigenvalue weighted by molar-refractivity contribution is -0.119. The van der Waals surface area contributed by atoms with Crippen molar-refractivity contribution in [3.05, 3.63) is 10.7 Å². The number of hydrogen-bond donors (Lipinski definition) is 1. The number of rotatable bonds is 6. The zero-order chi connectivity index (χ0) is 16.3. The molecule has 0 aliphatic rings. The number of thiazole rings is 1. The summed E-state index contributed by atoms with van der Waals surface area (Å²) in [6.45, 7) is 9.99. The quantitative estimate of drug-likeness (QED) is 0.814. The molecule has 2 aromatic heterocycles. The average Bonchev–Trinajstić information content (AvgIpc) is 3.02. The van der Waals surface area contributed by atoms with E-state index >= 15 is 0 Å². The normalized spacial score (nSPS) is 12.6. The number of aromatic nitrogens is 3. The largest absolute Gasteiger partial charge is 0.410 e. The van der Waals surface area contributed by atoms with Gasteiger partial charge in [0.2, 0.25) is 5.91 Å². The van der Waals surface area contributed by atoms with E-state index in [0.717, 1.165) is 15.6 Å². The summed E-state index contributed by atoms with van der Waals surface area (Å²) < 4.78 is 5.60. The smallest absolute Gasteiger partial charge is 0.277 e. The SMILES string of the molecule is Cc1nc(C)c(-c2nnc(SCC(=O)NC(C)C(C)C)o2)s1. The molecule has 0 saturated carbocycles. The molecule has 0 spiro atoms. The van der Waals surface area contributed by atoms with Crippen LogP contribution in [0.15, 0.2) is 9.64 Å². The molecule has 0 fully saturated rings. The Labute approximate surface area is 138 Å². The van der Waals surface area contributed by atoms with Gasteiger partial charge in [0.15, 0.2) is 0 Å². The molecule has 8 heteroatoms. The van der Waals surface area contributed by atoms with Crippen LogP contribution in [0.5, 0.6) is 0 Å². The van der Waals surface area contributed by atoms with Gasteiger partial charge in [0.05, 0.1) is 16.5 Å². The molecule has 0 saturated heterocycles. The fourth-order valence-corrected chi connectivity index (χ4v) is 3.09. The lowest BCUT2D eigenvalue weighted by Crippen LogP contribution is -2.37. The summed E-state index contributed by atoms with van der Waals surface area (Å²) in [6.07, 6.45) is 0. The first-order valence-electron chi connectivity index (χ1n) is 7.07. The maximum absolute atomic E-state index is 11.8. The molecule has 0 aromatic carbocycles. The first kappa shape index (κ1) is 17.0. The first-order valence-corrected chi connectivity index (χ1v) is 8.87. The van der Waals surface area contributed by atoms with E-state index in [9.17, 15) is 4.79 Å². The number of aryl methyl sites for hydroxylation is 2. The molecule has 0 aliphatic carbocycles. The summed E-state index contributed by atoms with van der Waals surface area (Å²) in [5, 5.41) is 12.3. The van der Waals surface area contributed by atoms with E-state index in [4.69, 9.17) is 4.42 Å². The molecule has 1 atom stereocenters. The van der Waals surface area contributed by atoms with Crippen LogP contribution in [0.3, 0.4) is 0 Å². The second-order valence-corrected chi connectivity index (χ2v) is 7.54. The van der Waals surface area contributed by atoms with Gasteiger partial charge in [-0.15, -0.1) is 21.5 Å². The standard InChI is InChI=1S/C14H20N4O2S2/c1-7(2)8(3)16-11(19)6-21-14-18-17-13(20-14)12-9(4)15-10(5)22-12/h7-8H,6H2,1-5H3,(H,16,19). The number of hydrogen-bond acceptors (Lipinski definition) is 7. The Balaban J connectivity index is 1.93. The van der Waals surface area contributed by atoms with Crippen molar-refractivity contribution in [1.82, 2.24) is 20.5 Å². The summed E-state index contributed by atoms with van der Waals surface area (Å²) in [5.74, 6) is 1.10. The first-order chi connectivity index (χ1) is 10.4. The number of nitrogens with zero attached hydrogens (tertiary/aromatic N) is 3. The Bertz CT molecular complexity index is 651. The fourth-order valence-electron chi connectivity index (χ4n) is 1.68. The summed E-state index contributed by atoms with van der Waals surface area (Å²) in [7, 11) is 0. The predicted octanol–water partition coefficient (Wildman–Crippen LogP) is 3.06. The van der Waals surface area contributed by atoms with Crippen molar-refractivity contribution in [1.29, 1.82) is 0 Å². The zero-order valence-corrected chi connectivity index (χ0v) is 15.0. The van der Waals surface area contributed by atoms with Crippen LogP contribution in [0.2, 0.25) is 0 Å². The number of thioether (sulfide) groups is 1. The van der Waals surface area contributed by atoms with Crippen molar-refractivity contribution in [2.24, 2.45) is 5.92 Å². The average molecular weight is 340 g/mol. The molecule has 0 radical (unpaired) electrons. The van der Waals surface area contributed by atoms with Crippen molar-refractivity contribution in [3.8, 4) is 10.8 Å². The van der Waals surface area contributed by atoms with E-state index in [1.54, 1.807) is 0 Å². The molecule has 1 amide bonds. The molecule has 6 nitrogen and oxygen atoms in total. The number of carbonyl (C=O) groups excluding carboxylic acids is 1. The van der Waals surface area contributed by atoms with Crippen molar-refractivity contribution in [2.45, 2.75) is 45.9 Å². The summed E-state index contributed by atoms with van der Waals surface area (Å²) in [5.41, 5.74) is 0.881. The van der Waals surface area contributed by atoms with Crippen molar-refractivity contribution >= 4 is 29.0 Å². The molecular weight excluding hydrogens is 320 g/mol. The Hall–Kier alpha value is -1.41. The molecule has 0 aliphatic heterocycles. The van der Waals surface area contributed by atoms with Gasteiger partial charge in [0.1, 0.15) is 4.88 Å². The minimum atomic E-state index is -0.0317. The van der Waals surface area contributed by atoms with E-state index in [-0.39, 0.29) is 17.7 Å². The third-order valence-corrected chi connectivity index (χ3v) is 5.10. The van der Waals surface area contributed by atoms with Gasteiger partial charge in [0, 0.05) is 6.04 Å². The maximum Gasteiger partial charge on any atom is 0.277 e. The highest BCUT2D eigenvalue weighted by Gasteiger charge is 2.16. The van der Waals surface area contributed by atoms with Gasteiger partial charge in [-0.1, -0.05) is 25.6 Å². The van der Waals surface area contributed by atoms with Gasteiger partial charge in [-0.05, 0) is 26.7 Å². The van der Waals surface area contributed by atoms with Crippen LogP contribution in [0.4, 0.5) is 0 Å². The van der Waals surface area contributed by atoms with Gasteiger partial charge in [-0.2, -0.15) is 0 Å². The minimum Gasteiger partial charge on any atom is -0.410 e. The molecular formula is C14H20N4O2S2. The molecule has 120 valence electrons. The highest BCUT2D eigenvalue weighted by atomic mass is 32.2. The summed E-state index contributed by atoms with van der Waals surface area (Å²) >= 11 is 2.76. The van der Waals surface area contributed by atoms with Gasteiger partial charge < -0.3 is 9.73 Å². The number of amides is 1. The molecule has 1 N–H and O–H groups in total. The molecule has 2 aromatic rings. The van der Waals surface area contributed by atoms with Crippen LogP contribution in [0.25, 0.3) is 10.8 Å². The van der Waals surface area contributed by atoms with Gasteiger partial charge in [-0.3, -0.25) is 4.79 Å². The van der Waals surface area contributed by atoms with E-state index in [1.165, 1.54) is 23.1 Å². The van der Waals surface area contributed by atoms with E-state index in [2.05, 4.69) is 34.3 Å². The molecule has 1 unspecified atom stereocenters. The highest BCUT2D eigenvalue weighted by molar-refractivity contribution is 7.99. The minimum absolute atomic E-state index is 0.0317. The molecule has 0 bridgehead atoms. The molecule has 22 heavy (non-hydrogen) atoms.